The van der Waals surface area contributed by atoms with Crippen molar-refractivity contribution in [2.24, 2.45) is 4.99 Å². The molecule has 0 fully saturated rings. The van der Waals surface area contributed by atoms with Crippen LogP contribution in [0.5, 0.6) is 16.7 Å². The van der Waals surface area contributed by atoms with Gasteiger partial charge in [0, 0.05) is 41.9 Å². The van der Waals surface area contributed by atoms with E-state index in [2.05, 4.69) is 70.0 Å². The number of nitrogens with one attached hydrogen (secondary N) is 2. The van der Waals surface area contributed by atoms with Gasteiger partial charge in [0.05, 0.1) is 7.11 Å². The summed E-state index contributed by atoms with van der Waals surface area (Å²) in [5.41, 5.74) is 4.28. The highest BCUT2D eigenvalue weighted by molar-refractivity contribution is 7.07. The molecule has 4 rings (SSSR count). The third-order valence-corrected chi connectivity index (χ3v) is 5.87. The van der Waals surface area contributed by atoms with E-state index in [1.54, 1.807) is 7.11 Å². The largest absolute Gasteiger partial charge is 0.493 e. The summed E-state index contributed by atoms with van der Waals surface area (Å²) in [4.78, 5) is 9.04. The standard InChI is InChI=1S/C24H29N5O2S/c1-15-13-20(19(30-5)14-18(15)27-22-25-11-6-12-26-22)31-23-28-21(29-32-23)16-7-9-17(10-8-16)24(2,3)4/h7-10,13-14H,6,11-12H2,1-5H3,(H2,25,26,27). The first-order chi connectivity index (χ1) is 15.3. The molecule has 168 valence electrons. The van der Waals surface area contributed by atoms with Crippen LogP contribution in [0.3, 0.4) is 0 Å². The molecule has 0 spiro atoms. The molecule has 1 aliphatic rings. The van der Waals surface area contributed by atoms with E-state index in [0.29, 0.717) is 22.5 Å². The van der Waals surface area contributed by atoms with Crippen LogP contribution in [0.15, 0.2) is 41.4 Å². The Hall–Kier alpha value is -3.13. The van der Waals surface area contributed by atoms with Gasteiger partial charge in [0.1, 0.15) is 0 Å². The Morgan fingerprint density at radius 2 is 1.88 bits per heavy atom. The molecule has 3 aromatic rings. The summed E-state index contributed by atoms with van der Waals surface area (Å²) in [7, 11) is 1.62. The van der Waals surface area contributed by atoms with Gasteiger partial charge in [-0.1, -0.05) is 45.0 Å². The van der Waals surface area contributed by atoms with Crippen LogP contribution in [0.1, 0.15) is 38.3 Å². The van der Waals surface area contributed by atoms with Crippen LogP contribution in [-0.2, 0) is 5.41 Å². The average Bonchev–Trinajstić information content (AvgIpc) is 3.24. The predicted octanol–water partition coefficient (Wildman–Crippen LogP) is 5.37. The zero-order valence-electron chi connectivity index (χ0n) is 19.2. The molecule has 0 unspecified atom stereocenters. The van der Waals surface area contributed by atoms with E-state index in [4.69, 9.17) is 9.47 Å². The second-order valence-corrected chi connectivity index (χ2v) is 9.48. The molecule has 32 heavy (non-hydrogen) atoms. The zero-order valence-corrected chi connectivity index (χ0v) is 20.0. The Bertz CT molecular complexity index is 1120. The third-order valence-electron chi connectivity index (χ3n) is 5.27. The first-order valence-corrected chi connectivity index (χ1v) is 11.5. The van der Waals surface area contributed by atoms with Crippen LogP contribution >= 0.6 is 11.5 Å². The van der Waals surface area contributed by atoms with Crippen LogP contribution in [0.2, 0.25) is 0 Å². The normalized spacial score (nSPS) is 13.8. The number of nitrogens with zero attached hydrogens (tertiary/aromatic N) is 3. The number of ether oxygens (including phenoxy) is 2. The Balaban J connectivity index is 1.52. The number of hydrogen-bond donors (Lipinski definition) is 2. The molecular formula is C24H29N5O2S. The van der Waals surface area contributed by atoms with Crippen molar-refractivity contribution in [3.05, 3.63) is 47.5 Å². The summed E-state index contributed by atoms with van der Waals surface area (Å²) in [5.74, 6) is 2.64. The van der Waals surface area contributed by atoms with Crippen molar-refractivity contribution in [1.82, 2.24) is 14.7 Å². The molecule has 2 aromatic carbocycles. The molecule has 0 radical (unpaired) electrons. The van der Waals surface area contributed by atoms with E-state index >= 15 is 0 Å². The Morgan fingerprint density at radius 1 is 1.09 bits per heavy atom. The number of benzene rings is 2. The Labute approximate surface area is 193 Å². The van der Waals surface area contributed by atoms with E-state index in [1.807, 2.05) is 19.1 Å². The molecule has 0 saturated heterocycles. The number of rotatable bonds is 5. The van der Waals surface area contributed by atoms with Crippen LogP contribution in [-0.4, -0.2) is 35.5 Å². The molecular weight excluding hydrogens is 422 g/mol. The van der Waals surface area contributed by atoms with Gasteiger partial charge in [-0.3, -0.25) is 4.99 Å². The minimum Gasteiger partial charge on any atom is -0.493 e. The highest BCUT2D eigenvalue weighted by atomic mass is 32.1. The first-order valence-electron chi connectivity index (χ1n) is 10.7. The van der Waals surface area contributed by atoms with Crippen molar-refractivity contribution < 1.29 is 9.47 Å². The summed E-state index contributed by atoms with van der Waals surface area (Å²) < 4.78 is 16.1. The van der Waals surface area contributed by atoms with Gasteiger partial charge in [0.15, 0.2) is 23.3 Å². The van der Waals surface area contributed by atoms with Gasteiger partial charge in [-0.25, -0.2) is 0 Å². The number of anilines is 1. The molecule has 8 heteroatoms. The Morgan fingerprint density at radius 3 is 2.53 bits per heavy atom. The van der Waals surface area contributed by atoms with E-state index in [0.717, 1.165) is 42.3 Å². The van der Waals surface area contributed by atoms with Gasteiger partial charge in [0.25, 0.3) is 5.19 Å². The van der Waals surface area contributed by atoms with Crippen molar-refractivity contribution in [1.29, 1.82) is 0 Å². The maximum Gasteiger partial charge on any atom is 0.299 e. The second-order valence-electron chi connectivity index (χ2n) is 8.77. The van der Waals surface area contributed by atoms with Gasteiger partial charge in [-0.2, -0.15) is 9.36 Å². The summed E-state index contributed by atoms with van der Waals surface area (Å²) >= 11 is 1.22. The van der Waals surface area contributed by atoms with Crippen LogP contribution in [0.25, 0.3) is 11.4 Å². The highest BCUT2D eigenvalue weighted by Crippen LogP contribution is 2.37. The number of aryl methyl sites for hydroxylation is 1. The maximum absolute atomic E-state index is 6.05. The van der Waals surface area contributed by atoms with Gasteiger partial charge in [0.2, 0.25) is 0 Å². The summed E-state index contributed by atoms with van der Waals surface area (Å²) in [6.07, 6.45) is 1.05. The molecule has 0 aliphatic carbocycles. The van der Waals surface area contributed by atoms with Crippen molar-refractivity contribution in [3.8, 4) is 28.1 Å². The average molecular weight is 452 g/mol. The van der Waals surface area contributed by atoms with Crippen molar-refractivity contribution >= 4 is 23.2 Å². The fourth-order valence-electron chi connectivity index (χ4n) is 3.36. The quantitative estimate of drug-likeness (QED) is 0.543. The fourth-order valence-corrected chi connectivity index (χ4v) is 3.93. The molecule has 1 aliphatic heterocycles. The zero-order chi connectivity index (χ0) is 22.7. The number of aliphatic imine (C=N–C) groups is 1. The van der Waals surface area contributed by atoms with Crippen molar-refractivity contribution in [2.45, 2.75) is 39.5 Å². The van der Waals surface area contributed by atoms with E-state index in [-0.39, 0.29) is 5.41 Å². The molecule has 0 saturated carbocycles. The van der Waals surface area contributed by atoms with Gasteiger partial charge < -0.3 is 20.1 Å². The smallest absolute Gasteiger partial charge is 0.299 e. The fraction of sp³-hybridized carbons (Fsp3) is 0.375. The summed E-state index contributed by atoms with van der Waals surface area (Å²) in [5, 5.41) is 7.07. The lowest BCUT2D eigenvalue weighted by atomic mass is 9.87. The minimum atomic E-state index is 0.109. The van der Waals surface area contributed by atoms with E-state index < -0.39 is 0 Å². The maximum atomic E-state index is 6.05. The van der Waals surface area contributed by atoms with Crippen LogP contribution in [0, 0.1) is 6.92 Å². The molecule has 2 N–H and O–H groups in total. The molecule has 7 nitrogen and oxygen atoms in total. The van der Waals surface area contributed by atoms with Gasteiger partial charge >= 0.3 is 0 Å². The van der Waals surface area contributed by atoms with Gasteiger partial charge in [-0.05, 0) is 36.0 Å². The lowest BCUT2D eigenvalue weighted by molar-refractivity contribution is 0.378. The molecule has 2 heterocycles. The SMILES string of the molecule is COc1cc(NC2=NCCCN2)c(C)cc1Oc1nc(-c2ccc(C(C)(C)C)cc2)ns1. The monoisotopic (exact) mass is 451 g/mol. The van der Waals surface area contributed by atoms with Crippen molar-refractivity contribution in [2.75, 3.05) is 25.5 Å². The molecule has 0 bridgehead atoms. The minimum absolute atomic E-state index is 0.109. The third kappa shape index (κ3) is 5.02. The lowest BCUT2D eigenvalue weighted by Gasteiger charge is -2.19. The highest BCUT2D eigenvalue weighted by Gasteiger charge is 2.17. The number of guanidine groups is 1. The number of methoxy groups -OCH3 is 1. The number of hydrogen-bond acceptors (Lipinski definition) is 8. The number of aromatic nitrogens is 2. The summed E-state index contributed by atoms with van der Waals surface area (Å²) in [6.45, 7) is 10.4. The molecule has 0 amide bonds. The summed E-state index contributed by atoms with van der Waals surface area (Å²) in [6, 6.07) is 12.2. The lowest BCUT2D eigenvalue weighted by Crippen LogP contribution is -2.35. The Kier molecular flexibility index (Phi) is 6.32. The van der Waals surface area contributed by atoms with E-state index in [1.165, 1.54) is 17.1 Å². The van der Waals surface area contributed by atoms with Crippen molar-refractivity contribution in [3.63, 3.8) is 0 Å². The van der Waals surface area contributed by atoms with Crippen LogP contribution in [0.4, 0.5) is 5.69 Å². The topological polar surface area (TPSA) is 80.7 Å². The molecule has 1 aromatic heterocycles. The second kappa shape index (κ2) is 9.16. The van der Waals surface area contributed by atoms with E-state index in [9.17, 15) is 0 Å². The van der Waals surface area contributed by atoms with Gasteiger partial charge in [-0.15, -0.1) is 0 Å². The van der Waals surface area contributed by atoms with Crippen LogP contribution < -0.4 is 20.1 Å². The first kappa shape index (κ1) is 22.1. The molecule has 0 atom stereocenters. The predicted molar refractivity (Wildman–Crippen MR) is 130 cm³/mol.